The molecule has 33 heavy (non-hydrogen) atoms. The van der Waals surface area contributed by atoms with E-state index in [2.05, 4.69) is 10.1 Å². The number of Topliss-reactive ketones (excluding diaryl/α,β-unsaturated/α-hetero) is 1. The van der Waals surface area contributed by atoms with Gasteiger partial charge in [0, 0.05) is 30.2 Å². The van der Waals surface area contributed by atoms with Crippen molar-refractivity contribution in [3.05, 3.63) is 54.0 Å². The molecule has 0 bridgehead atoms. The standard InChI is InChI=1S/C23H20F3N3O4/c1-13-8-19(33-28-13)14-4-5-17-16(9-14)27-12-29(17)15-10-20(31-2)22(21(11-15)32-3)18(30)6-7-23(24,25)26/h4-5,8-12H,6-7H2,1-3H3. The van der Waals surface area contributed by atoms with Gasteiger partial charge in [0.15, 0.2) is 11.5 Å². The van der Waals surface area contributed by atoms with Crippen LogP contribution in [0.5, 0.6) is 11.5 Å². The summed E-state index contributed by atoms with van der Waals surface area (Å²) < 4.78 is 55.5. The highest BCUT2D eigenvalue weighted by Gasteiger charge is 2.30. The number of fused-ring (bicyclic) bond motifs is 1. The van der Waals surface area contributed by atoms with Crippen LogP contribution in [0.2, 0.25) is 0 Å². The number of methoxy groups -OCH3 is 2. The monoisotopic (exact) mass is 459 g/mol. The smallest absolute Gasteiger partial charge is 0.389 e. The third-order valence-electron chi connectivity index (χ3n) is 5.14. The fourth-order valence-corrected chi connectivity index (χ4v) is 3.56. The molecule has 10 heteroatoms. The van der Waals surface area contributed by atoms with Gasteiger partial charge in [-0.1, -0.05) is 5.16 Å². The molecule has 0 radical (unpaired) electrons. The van der Waals surface area contributed by atoms with Crippen LogP contribution < -0.4 is 9.47 Å². The summed E-state index contributed by atoms with van der Waals surface area (Å²) >= 11 is 0. The maximum absolute atomic E-state index is 12.6. The van der Waals surface area contributed by atoms with E-state index in [0.717, 1.165) is 16.8 Å². The first-order chi connectivity index (χ1) is 15.7. The zero-order valence-corrected chi connectivity index (χ0v) is 18.1. The number of nitrogens with zero attached hydrogens (tertiary/aromatic N) is 3. The van der Waals surface area contributed by atoms with E-state index in [9.17, 15) is 18.0 Å². The molecular formula is C23H20F3N3O4. The van der Waals surface area contributed by atoms with E-state index in [4.69, 9.17) is 14.0 Å². The molecule has 0 saturated carbocycles. The number of ether oxygens (including phenoxy) is 2. The van der Waals surface area contributed by atoms with Crippen LogP contribution in [0.25, 0.3) is 28.0 Å². The van der Waals surface area contributed by atoms with E-state index in [1.807, 2.05) is 31.2 Å². The van der Waals surface area contributed by atoms with Crippen molar-refractivity contribution < 1.29 is 32.0 Å². The summed E-state index contributed by atoms with van der Waals surface area (Å²) in [5.41, 5.74) is 3.57. The lowest BCUT2D eigenvalue weighted by Gasteiger charge is -2.16. The highest BCUT2D eigenvalue weighted by molar-refractivity contribution is 6.02. The summed E-state index contributed by atoms with van der Waals surface area (Å²) in [4.78, 5) is 17.0. The van der Waals surface area contributed by atoms with Crippen molar-refractivity contribution in [2.45, 2.75) is 25.9 Å². The SMILES string of the molecule is COc1cc(-n2cnc3cc(-c4cc(C)no4)ccc32)cc(OC)c1C(=O)CCC(F)(F)F. The molecule has 172 valence electrons. The number of aryl methyl sites for hydroxylation is 1. The number of alkyl halides is 3. The Morgan fingerprint density at radius 1 is 1.09 bits per heavy atom. The van der Waals surface area contributed by atoms with Gasteiger partial charge in [-0.3, -0.25) is 9.36 Å². The predicted molar refractivity (Wildman–Crippen MR) is 114 cm³/mol. The molecule has 0 N–H and O–H groups in total. The third kappa shape index (κ3) is 4.55. The minimum Gasteiger partial charge on any atom is -0.496 e. The zero-order chi connectivity index (χ0) is 23.8. The van der Waals surface area contributed by atoms with Crippen molar-refractivity contribution in [2.24, 2.45) is 0 Å². The van der Waals surface area contributed by atoms with E-state index < -0.39 is 24.8 Å². The van der Waals surface area contributed by atoms with E-state index >= 15 is 0 Å². The van der Waals surface area contributed by atoms with Crippen molar-refractivity contribution in [2.75, 3.05) is 14.2 Å². The number of hydrogen-bond donors (Lipinski definition) is 0. The normalized spacial score (nSPS) is 11.7. The van der Waals surface area contributed by atoms with Crippen LogP contribution in [0.1, 0.15) is 28.9 Å². The largest absolute Gasteiger partial charge is 0.496 e. The average Bonchev–Trinajstić information content (AvgIpc) is 3.41. The van der Waals surface area contributed by atoms with Gasteiger partial charge in [-0.2, -0.15) is 13.2 Å². The Bertz CT molecular complexity index is 1300. The van der Waals surface area contributed by atoms with Crippen LogP contribution in [0.3, 0.4) is 0 Å². The topological polar surface area (TPSA) is 79.4 Å². The van der Waals surface area contributed by atoms with Gasteiger partial charge in [0.2, 0.25) is 0 Å². The first-order valence-electron chi connectivity index (χ1n) is 9.97. The lowest BCUT2D eigenvalue weighted by atomic mass is 10.0. The van der Waals surface area contributed by atoms with Crippen molar-refractivity contribution in [3.63, 3.8) is 0 Å². The molecule has 0 aliphatic heterocycles. The Morgan fingerprint density at radius 2 is 1.79 bits per heavy atom. The average molecular weight is 459 g/mol. The summed E-state index contributed by atoms with van der Waals surface area (Å²) in [6.45, 7) is 1.83. The molecule has 0 saturated heterocycles. The number of hydrogen-bond acceptors (Lipinski definition) is 6. The maximum Gasteiger partial charge on any atom is 0.389 e. The second-order valence-electron chi connectivity index (χ2n) is 7.41. The molecule has 0 spiro atoms. The molecule has 0 unspecified atom stereocenters. The van der Waals surface area contributed by atoms with Gasteiger partial charge in [-0.15, -0.1) is 0 Å². The van der Waals surface area contributed by atoms with Gasteiger partial charge < -0.3 is 14.0 Å². The molecule has 0 aliphatic rings. The van der Waals surface area contributed by atoms with Crippen molar-refractivity contribution in [1.82, 2.24) is 14.7 Å². The fraction of sp³-hybridized carbons (Fsp3) is 0.261. The van der Waals surface area contributed by atoms with Crippen LogP contribution >= 0.6 is 0 Å². The Labute approximate surface area is 186 Å². The summed E-state index contributed by atoms with van der Waals surface area (Å²) in [6, 6.07) is 10.5. The summed E-state index contributed by atoms with van der Waals surface area (Å²) in [5.74, 6) is 0.142. The summed E-state index contributed by atoms with van der Waals surface area (Å²) in [7, 11) is 2.69. The minimum absolute atomic E-state index is 0.0274. The van der Waals surface area contributed by atoms with E-state index in [1.165, 1.54) is 14.2 Å². The number of imidazole rings is 1. The van der Waals surface area contributed by atoms with Crippen molar-refractivity contribution >= 4 is 16.8 Å². The van der Waals surface area contributed by atoms with Crippen LogP contribution in [-0.4, -0.2) is 40.9 Å². The number of benzene rings is 2. The third-order valence-corrected chi connectivity index (χ3v) is 5.14. The Morgan fingerprint density at radius 3 is 2.36 bits per heavy atom. The lowest BCUT2D eigenvalue weighted by Crippen LogP contribution is -2.13. The first-order valence-corrected chi connectivity index (χ1v) is 9.97. The zero-order valence-electron chi connectivity index (χ0n) is 18.1. The first kappa shape index (κ1) is 22.4. The molecular weight excluding hydrogens is 439 g/mol. The lowest BCUT2D eigenvalue weighted by molar-refractivity contribution is -0.133. The molecule has 4 aromatic rings. The highest BCUT2D eigenvalue weighted by atomic mass is 19.4. The summed E-state index contributed by atoms with van der Waals surface area (Å²) in [6.07, 6.45) is -4.76. The van der Waals surface area contributed by atoms with E-state index in [0.29, 0.717) is 17.0 Å². The molecule has 2 heterocycles. The number of halogens is 3. The highest BCUT2D eigenvalue weighted by Crippen LogP contribution is 2.36. The van der Waals surface area contributed by atoms with Crippen LogP contribution in [0, 0.1) is 6.92 Å². The Hall–Kier alpha value is -3.82. The fourth-order valence-electron chi connectivity index (χ4n) is 3.56. The molecule has 2 aromatic carbocycles. The second kappa shape index (κ2) is 8.61. The van der Waals surface area contributed by atoms with E-state index in [1.54, 1.807) is 23.0 Å². The van der Waals surface area contributed by atoms with Crippen LogP contribution in [-0.2, 0) is 0 Å². The van der Waals surface area contributed by atoms with Gasteiger partial charge >= 0.3 is 6.18 Å². The quantitative estimate of drug-likeness (QED) is 0.338. The van der Waals surface area contributed by atoms with Crippen molar-refractivity contribution in [1.29, 1.82) is 0 Å². The van der Waals surface area contributed by atoms with Gasteiger partial charge in [-0.05, 0) is 25.1 Å². The minimum atomic E-state index is -4.44. The molecule has 0 atom stereocenters. The van der Waals surface area contributed by atoms with Gasteiger partial charge in [0.05, 0.1) is 43.1 Å². The number of carbonyl (C=O) groups is 1. The van der Waals surface area contributed by atoms with Crippen LogP contribution in [0.4, 0.5) is 13.2 Å². The number of rotatable bonds is 7. The van der Waals surface area contributed by atoms with Gasteiger partial charge in [-0.25, -0.2) is 4.98 Å². The number of carbonyl (C=O) groups excluding carboxylic acids is 1. The maximum atomic E-state index is 12.6. The Balaban J connectivity index is 1.74. The number of ketones is 1. The molecule has 2 aromatic heterocycles. The molecule has 0 fully saturated rings. The second-order valence-corrected chi connectivity index (χ2v) is 7.41. The van der Waals surface area contributed by atoms with Gasteiger partial charge in [0.1, 0.15) is 23.4 Å². The van der Waals surface area contributed by atoms with Crippen LogP contribution in [0.15, 0.2) is 47.2 Å². The Kier molecular flexibility index (Phi) is 5.84. The number of aromatic nitrogens is 3. The molecule has 7 nitrogen and oxygen atoms in total. The molecule has 0 aliphatic carbocycles. The molecule has 4 rings (SSSR count). The van der Waals surface area contributed by atoms with Gasteiger partial charge in [0.25, 0.3) is 0 Å². The van der Waals surface area contributed by atoms with Crippen molar-refractivity contribution in [3.8, 4) is 28.5 Å². The predicted octanol–water partition coefficient (Wildman–Crippen LogP) is 5.53. The molecule has 0 amide bonds. The van der Waals surface area contributed by atoms with E-state index in [-0.39, 0.29) is 17.1 Å². The summed E-state index contributed by atoms with van der Waals surface area (Å²) in [5, 5.41) is 3.89.